The number of anilines is 1. The monoisotopic (exact) mass is 372 g/mol. The van der Waals surface area contributed by atoms with Crippen LogP contribution in [0.5, 0.6) is 5.75 Å². The van der Waals surface area contributed by atoms with E-state index in [1.54, 1.807) is 30.3 Å². The smallest absolute Gasteiger partial charge is 0.255 e. The normalized spacial score (nSPS) is 12.2. The van der Waals surface area contributed by atoms with Crippen molar-refractivity contribution in [3.8, 4) is 16.9 Å². The lowest BCUT2D eigenvalue weighted by Gasteiger charge is -2.13. The van der Waals surface area contributed by atoms with Crippen LogP contribution in [0.2, 0.25) is 0 Å². The number of nitrogens with one attached hydrogen (secondary N) is 2. The van der Waals surface area contributed by atoms with Crippen LogP contribution < -0.4 is 15.4 Å². The van der Waals surface area contributed by atoms with Crippen LogP contribution in [0.4, 0.5) is 5.69 Å². The lowest BCUT2D eigenvalue weighted by Crippen LogP contribution is -2.17. The Morgan fingerprint density at radius 1 is 1.07 bits per heavy atom. The highest BCUT2D eigenvalue weighted by molar-refractivity contribution is 6.11. The highest BCUT2D eigenvalue weighted by Crippen LogP contribution is 2.35. The molecular weight excluding hydrogens is 352 g/mol. The van der Waals surface area contributed by atoms with Crippen molar-refractivity contribution in [2.45, 2.75) is 13.5 Å². The molecule has 0 aliphatic carbocycles. The van der Waals surface area contributed by atoms with E-state index < -0.39 is 0 Å². The van der Waals surface area contributed by atoms with Crippen LogP contribution in [0.3, 0.4) is 0 Å². The third-order valence-corrected chi connectivity index (χ3v) is 4.71. The molecule has 0 spiro atoms. The van der Waals surface area contributed by atoms with Gasteiger partial charge in [0, 0.05) is 12.1 Å². The summed E-state index contributed by atoms with van der Waals surface area (Å²) < 4.78 is 5.59. The van der Waals surface area contributed by atoms with Gasteiger partial charge in [0.25, 0.3) is 11.8 Å². The molecule has 2 amide bonds. The number of fused-ring (bicyclic) bond motifs is 1. The minimum Gasteiger partial charge on any atom is -0.494 e. The van der Waals surface area contributed by atoms with E-state index in [1.807, 2.05) is 43.3 Å². The molecule has 28 heavy (non-hydrogen) atoms. The van der Waals surface area contributed by atoms with Gasteiger partial charge >= 0.3 is 0 Å². The first kappa shape index (κ1) is 17.8. The molecule has 2 N–H and O–H groups in total. The third-order valence-electron chi connectivity index (χ3n) is 4.71. The second-order valence-corrected chi connectivity index (χ2v) is 6.48. The first-order valence-electron chi connectivity index (χ1n) is 9.21. The van der Waals surface area contributed by atoms with E-state index in [2.05, 4.69) is 10.6 Å². The molecular formula is C23H20N2O3. The van der Waals surface area contributed by atoms with Crippen molar-refractivity contribution in [3.63, 3.8) is 0 Å². The highest BCUT2D eigenvalue weighted by atomic mass is 16.5. The minimum atomic E-state index is -0.242. The molecule has 0 atom stereocenters. The highest BCUT2D eigenvalue weighted by Gasteiger charge is 2.27. The number of benzene rings is 3. The van der Waals surface area contributed by atoms with Gasteiger partial charge in [-0.2, -0.15) is 0 Å². The van der Waals surface area contributed by atoms with Gasteiger partial charge in [-0.15, -0.1) is 0 Å². The summed E-state index contributed by atoms with van der Waals surface area (Å²) in [6.45, 7) is 2.96. The summed E-state index contributed by atoms with van der Waals surface area (Å²) in [7, 11) is 0. The Hall–Kier alpha value is -3.60. The van der Waals surface area contributed by atoms with Crippen molar-refractivity contribution >= 4 is 17.5 Å². The Labute approximate surface area is 163 Å². The Kier molecular flexibility index (Phi) is 4.81. The standard InChI is InChI=1S/C23H20N2O3/c1-2-28-17-10-6-9-16(13-17)18-11-12-20(21-19(18)14-24-23(21)27)25-22(26)15-7-4-3-5-8-15/h3-13H,2,14H2,1H3,(H,24,27)(H,25,26). The number of rotatable bonds is 5. The summed E-state index contributed by atoms with van der Waals surface area (Å²) in [5.41, 5.74) is 4.38. The second-order valence-electron chi connectivity index (χ2n) is 6.48. The fourth-order valence-corrected chi connectivity index (χ4v) is 3.43. The van der Waals surface area contributed by atoms with Gasteiger partial charge in [0.15, 0.2) is 0 Å². The van der Waals surface area contributed by atoms with Gasteiger partial charge in [0.05, 0.1) is 17.9 Å². The van der Waals surface area contributed by atoms with E-state index in [0.29, 0.717) is 30.0 Å². The van der Waals surface area contributed by atoms with E-state index in [0.717, 1.165) is 22.4 Å². The maximum absolute atomic E-state index is 12.5. The van der Waals surface area contributed by atoms with Crippen molar-refractivity contribution in [2.24, 2.45) is 0 Å². The minimum absolute atomic E-state index is 0.179. The van der Waals surface area contributed by atoms with Gasteiger partial charge in [-0.3, -0.25) is 9.59 Å². The van der Waals surface area contributed by atoms with Crippen molar-refractivity contribution < 1.29 is 14.3 Å². The fraction of sp³-hybridized carbons (Fsp3) is 0.130. The molecule has 5 heteroatoms. The molecule has 3 aromatic rings. The predicted octanol–water partition coefficient (Wildman–Crippen LogP) is 4.25. The molecule has 3 aromatic carbocycles. The summed E-state index contributed by atoms with van der Waals surface area (Å²) in [4.78, 5) is 25.0. The zero-order chi connectivity index (χ0) is 19.5. The first-order valence-corrected chi connectivity index (χ1v) is 9.21. The van der Waals surface area contributed by atoms with Gasteiger partial charge < -0.3 is 15.4 Å². The lowest BCUT2D eigenvalue weighted by atomic mass is 9.95. The average molecular weight is 372 g/mol. The molecule has 5 nitrogen and oxygen atoms in total. The maximum atomic E-state index is 12.5. The van der Waals surface area contributed by atoms with E-state index >= 15 is 0 Å². The summed E-state index contributed by atoms with van der Waals surface area (Å²) in [6.07, 6.45) is 0. The van der Waals surface area contributed by atoms with Gasteiger partial charge in [-0.25, -0.2) is 0 Å². The van der Waals surface area contributed by atoms with Crippen LogP contribution in [0.25, 0.3) is 11.1 Å². The van der Waals surface area contributed by atoms with Crippen LogP contribution in [-0.4, -0.2) is 18.4 Å². The Morgan fingerprint density at radius 3 is 2.68 bits per heavy atom. The SMILES string of the molecule is CCOc1cccc(-c2ccc(NC(=O)c3ccccc3)c3c2CNC3=O)c1. The molecule has 1 aliphatic heterocycles. The number of ether oxygens (including phenoxy) is 1. The van der Waals surface area contributed by atoms with Gasteiger partial charge in [-0.05, 0) is 53.9 Å². The van der Waals surface area contributed by atoms with Crippen LogP contribution >= 0.6 is 0 Å². The number of hydrogen-bond donors (Lipinski definition) is 2. The second kappa shape index (κ2) is 7.56. The summed E-state index contributed by atoms with van der Waals surface area (Å²) >= 11 is 0. The summed E-state index contributed by atoms with van der Waals surface area (Å²) in [5, 5.41) is 5.74. The quantitative estimate of drug-likeness (QED) is 0.704. The maximum Gasteiger partial charge on any atom is 0.255 e. The molecule has 0 bridgehead atoms. The Morgan fingerprint density at radius 2 is 1.89 bits per heavy atom. The van der Waals surface area contributed by atoms with E-state index in [1.165, 1.54) is 0 Å². The summed E-state index contributed by atoms with van der Waals surface area (Å²) in [5.74, 6) is 0.363. The molecule has 0 radical (unpaired) electrons. The molecule has 1 heterocycles. The molecule has 0 saturated carbocycles. The zero-order valence-corrected chi connectivity index (χ0v) is 15.5. The molecule has 140 valence electrons. The van der Waals surface area contributed by atoms with Crippen LogP contribution in [-0.2, 0) is 6.54 Å². The topological polar surface area (TPSA) is 67.4 Å². The molecule has 1 aliphatic rings. The predicted molar refractivity (Wildman–Crippen MR) is 109 cm³/mol. The number of hydrogen-bond acceptors (Lipinski definition) is 3. The largest absolute Gasteiger partial charge is 0.494 e. The van der Waals surface area contributed by atoms with Crippen molar-refractivity contribution in [2.75, 3.05) is 11.9 Å². The van der Waals surface area contributed by atoms with Crippen LogP contribution in [0.15, 0.2) is 66.7 Å². The zero-order valence-electron chi connectivity index (χ0n) is 15.5. The average Bonchev–Trinajstić information content (AvgIpc) is 3.11. The summed E-state index contributed by atoms with van der Waals surface area (Å²) in [6, 6.07) is 20.5. The molecule has 0 fully saturated rings. The fourth-order valence-electron chi connectivity index (χ4n) is 3.43. The molecule has 0 aromatic heterocycles. The van der Waals surface area contributed by atoms with Crippen molar-refractivity contribution in [1.29, 1.82) is 0 Å². The Balaban J connectivity index is 1.72. The molecule has 0 saturated heterocycles. The third kappa shape index (κ3) is 3.34. The van der Waals surface area contributed by atoms with Crippen LogP contribution in [0.1, 0.15) is 33.2 Å². The molecule has 0 unspecified atom stereocenters. The van der Waals surface area contributed by atoms with Gasteiger partial charge in [0.1, 0.15) is 5.75 Å². The van der Waals surface area contributed by atoms with E-state index in [4.69, 9.17) is 4.74 Å². The number of amides is 2. The number of carbonyl (C=O) groups excluding carboxylic acids is 2. The van der Waals surface area contributed by atoms with Crippen molar-refractivity contribution in [3.05, 3.63) is 83.4 Å². The van der Waals surface area contributed by atoms with Crippen molar-refractivity contribution in [1.82, 2.24) is 5.32 Å². The van der Waals surface area contributed by atoms with E-state index in [9.17, 15) is 9.59 Å². The van der Waals surface area contributed by atoms with Gasteiger partial charge in [0.2, 0.25) is 0 Å². The first-order chi connectivity index (χ1) is 13.7. The number of carbonyl (C=O) groups is 2. The molecule has 4 rings (SSSR count). The lowest BCUT2D eigenvalue weighted by molar-refractivity contribution is 0.0966. The van der Waals surface area contributed by atoms with E-state index in [-0.39, 0.29) is 11.8 Å². The Bertz CT molecular complexity index is 1040. The van der Waals surface area contributed by atoms with Crippen LogP contribution in [0, 0.1) is 0 Å². The van der Waals surface area contributed by atoms with Gasteiger partial charge in [-0.1, -0.05) is 36.4 Å².